The molecular formula is C22H19N3O. The van der Waals surface area contributed by atoms with Crippen molar-refractivity contribution in [2.45, 2.75) is 13.0 Å². The lowest BCUT2D eigenvalue weighted by Crippen LogP contribution is -2.32. The Balaban J connectivity index is 1.65. The van der Waals surface area contributed by atoms with E-state index in [0.29, 0.717) is 13.0 Å². The molecule has 0 spiro atoms. The zero-order chi connectivity index (χ0) is 17.8. The minimum atomic E-state index is 0.0567. The summed E-state index contributed by atoms with van der Waals surface area (Å²) in [5, 5.41) is 0. The largest absolute Gasteiger partial charge is 0.308 e. The normalized spacial score (nSPS) is 10.8. The molecule has 26 heavy (non-hydrogen) atoms. The standard InChI is InChI=1S/C22H19N3O/c26-22(16-20-12-7-13-21-23-14-15-24(20)21)25(19-10-5-2-6-11-19)17-18-8-3-1-4-9-18/h1-15H,16-17H2. The summed E-state index contributed by atoms with van der Waals surface area (Å²) in [6.45, 7) is 0.545. The second-order valence-corrected chi connectivity index (χ2v) is 6.15. The summed E-state index contributed by atoms with van der Waals surface area (Å²) < 4.78 is 1.96. The van der Waals surface area contributed by atoms with E-state index in [1.807, 2.05) is 94.4 Å². The molecule has 0 radical (unpaired) electrons. The Labute approximate surface area is 152 Å². The first kappa shape index (κ1) is 16.1. The van der Waals surface area contributed by atoms with Gasteiger partial charge in [0.2, 0.25) is 5.91 Å². The van der Waals surface area contributed by atoms with E-state index in [2.05, 4.69) is 4.98 Å². The first-order valence-electron chi connectivity index (χ1n) is 8.61. The molecule has 0 fully saturated rings. The average molecular weight is 341 g/mol. The van der Waals surface area contributed by atoms with Gasteiger partial charge in [-0.25, -0.2) is 4.98 Å². The van der Waals surface area contributed by atoms with Gasteiger partial charge in [0, 0.05) is 23.8 Å². The fourth-order valence-electron chi connectivity index (χ4n) is 3.10. The van der Waals surface area contributed by atoms with Gasteiger partial charge in [0.1, 0.15) is 5.65 Å². The third kappa shape index (κ3) is 3.35. The fourth-order valence-corrected chi connectivity index (χ4v) is 3.10. The van der Waals surface area contributed by atoms with Crippen LogP contribution < -0.4 is 4.90 Å². The number of hydrogen-bond acceptors (Lipinski definition) is 2. The molecule has 128 valence electrons. The summed E-state index contributed by atoms with van der Waals surface area (Å²) in [6.07, 6.45) is 3.96. The first-order chi connectivity index (χ1) is 12.8. The number of amides is 1. The average Bonchev–Trinajstić information content (AvgIpc) is 3.17. The highest BCUT2D eigenvalue weighted by atomic mass is 16.2. The SMILES string of the molecule is O=C(Cc1cccc2nccn12)N(Cc1ccccc1)c1ccccc1. The van der Waals surface area contributed by atoms with Crippen LogP contribution in [0, 0.1) is 0 Å². The predicted molar refractivity (Wildman–Crippen MR) is 103 cm³/mol. The van der Waals surface area contributed by atoms with Crippen LogP contribution in [-0.4, -0.2) is 15.3 Å². The molecule has 0 aliphatic carbocycles. The number of anilines is 1. The lowest BCUT2D eigenvalue weighted by atomic mass is 10.1. The van der Waals surface area contributed by atoms with Crippen LogP contribution in [0.4, 0.5) is 5.69 Å². The van der Waals surface area contributed by atoms with Crippen LogP contribution in [0.1, 0.15) is 11.3 Å². The van der Waals surface area contributed by atoms with Gasteiger partial charge in [-0.1, -0.05) is 54.6 Å². The van der Waals surface area contributed by atoms with Crippen molar-refractivity contribution in [1.82, 2.24) is 9.38 Å². The molecule has 0 N–H and O–H groups in total. The molecule has 4 aromatic rings. The highest BCUT2D eigenvalue weighted by Crippen LogP contribution is 2.19. The van der Waals surface area contributed by atoms with Crippen LogP contribution in [0.3, 0.4) is 0 Å². The lowest BCUT2D eigenvalue weighted by Gasteiger charge is -2.23. The van der Waals surface area contributed by atoms with E-state index in [0.717, 1.165) is 22.6 Å². The van der Waals surface area contributed by atoms with Crippen LogP contribution in [0.2, 0.25) is 0 Å². The molecule has 2 heterocycles. The van der Waals surface area contributed by atoms with Crippen LogP contribution in [0.15, 0.2) is 91.3 Å². The van der Waals surface area contributed by atoms with Gasteiger partial charge in [0.15, 0.2) is 0 Å². The number of fused-ring (bicyclic) bond motifs is 1. The maximum atomic E-state index is 13.2. The van der Waals surface area contributed by atoms with Gasteiger partial charge in [-0.3, -0.25) is 4.79 Å². The Morgan fingerprint density at radius 3 is 2.38 bits per heavy atom. The van der Waals surface area contributed by atoms with Crippen molar-refractivity contribution >= 4 is 17.2 Å². The second-order valence-electron chi connectivity index (χ2n) is 6.15. The Kier molecular flexibility index (Phi) is 4.48. The van der Waals surface area contributed by atoms with Crippen LogP contribution in [0.5, 0.6) is 0 Å². The number of aromatic nitrogens is 2. The van der Waals surface area contributed by atoms with Crippen LogP contribution in [-0.2, 0) is 17.8 Å². The number of nitrogens with zero attached hydrogens (tertiary/aromatic N) is 3. The van der Waals surface area contributed by atoms with E-state index < -0.39 is 0 Å². The zero-order valence-corrected chi connectivity index (χ0v) is 14.3. The Morgan fingerprint density at radius 2 is 1.62 bits per heavy atom. The van der Waals surface area contributed by atoms with Crippen molar-refractivity contribution in [3.63, 3.8) is 0 Å². The minimum absolute atomic E-state index is 0.0567. The van der Waals surface area contributed by atoms with Gasteiger partial charge in [-0.2, -0.15) is 0 Å². The number of rotatable bonds is 5. The molecule has 0 atom stereocenters. The van der Waals surface area contributed by atoms with Gasteiger partial charge >= 0.3 is 0 Å². The molecule has 0 aliphatic heterocycles. The molecule has 4 rings (SSSR count). The maximum Gasteiger partial charge on any atom is 0.233 e. The van der Waals surface area contributed by atoms with Crippen molar-refractivity contribution in [2.24, 2.45) is 0 Å². The molecule has 0 bridgehead atoms. The summed E-state index contributed by atoms with van der Waals surface area (Å²) in [5.74, 6) is 0.0567. The molecule has 4 nitrogen and oxygen atoms in total. The zero-order valence-electron chi connectivity index (χ0n) is 14.3. The molecule has 0 aliphatic rings. The van der Waals surface area contributed by atoms with Crippen molar-refractivity contribution in [2.75, 3.05) is 4.90 Å². The topological polar surface area (TPSA) is 37.6 Å². The summed E-state index contributed by atoms with van der Waals surface area (Å²) in [7, 11) is 0. The van der Waals surface area contributed by atoms with E-state index >= 15 is 0 Å². The molecule has 0 saturated carbocycles. The number of para-hydroxylation sites is 1. The monoisotopic (exact) mass is 341 g/mol. The van der Waals surface area contributed by atoms with E-state index in [1.165, 1.54) is 0 Å². The van der Waals surface area contributed by atoms with Gasteiger partial charge in [-0.15, -0.1) is 0 Å². The van der Waals surface area contributed by atoms with Crippen LogP contribution in [0.25, 0.3) is 5.65 Å². The summed E-state index contributed by atoms with van der Waals surface area (Å²) in [5.41, 5.74) is 3.79. The Bertz CT molecular complexity index is 1010. The van der Waals surface area contributed by atoms with E-state index in [-0.39, 0.29) is 5.91 Å². The molecule has 4 heteroatoms. The number of imidazole rings is 1. The molecule has 2 aromatic carbocycles. The van der Waals surface area contributed by atoms with Gasteiger partial charge in [-0.05, 0) is 29.8 Å². The third-order valence-electron chi connectivity index (χ3n) is 4.40. The lowest BCUT2D eigenvalue weighted by molar-refractivity contribution is -0.118. The van der Waals surface area contributed by atoms with E-state index in [4.69, 9.17) is 0 Å². The molecule has 0 saturated heterocycles. The van der Waals surface area contributed by atoms with Crippen molar-refractivity contribution in [3.05, 3.63) is 103 Å². The highest BCUT2D eigenvalue weighted by Gasteiger charge is 2.17. The van der Waals surface area contributed by atoms with Crippen molar-refractivity contribution in [1.29, 1.82) is 0 Å². The van der Waals surface area contributed by atoms with Gasteiger partial charge in [0.05, 0.1) is 13.0 Å². The minimum Gasteiger partial charge on any atom is -0.308 e. The molecule has 1 amide bonds. The number of carbonyl (C=O) groups excluding carboxylic acids is 1. The second kappa shape index (κ2) is 7.23. The number of carbonyl (C=O) groups is 1. The highest BCUT2D eigenvalue weighted by molar-refractivity contribution is 5.94. The number of pyridine rings is 1. The molecule has 0 unspecified atom stereocenters. The first-order valence-corrected chi connectivity index (χ1v) is 8.61. The van der Waals surface area contributed by atoms with E-state index in [9.17, 15) is 4.79 Å². The number of hydrogen-bond donors (Lipinski definition) is 0. The summed E-state index contributed by atoms with van der Waals surface area (Å²) in [4.78, 5) is 19.3. The summed E-state index contributed by atoms with van der Waals surface area (Å²) >= 11 is 0. The molecular weight excluding hydrogens is 322 g/mol. The number of benzene rings is 2. The molecule has 2 aromatic heterocycles. The van der Waals surface area contributed by atoms with Gasteiger partial charge in [0.25, 0.3) is 0 Å². The van der Waals surface area contributed by atoms with Crippen molar-refractivity contribution < 1.29 is 4.79 Å². The predicted octanol–water partition coefficient (Wildman–Crippen LogP) is 4.11. The quantitative estimate of drug-likeness (QED) is 0.548. The Hall–Kier alpha value is -3.40. The summed E-state index contributed by atoms with van der Waals surface area (Å²) in [6, 6.07) is 25.7. The Morgan fingerprint density at radius 1 is 0.885 bits per heavy atom. The van der Waals surface area contributed by atoms with Crippen LogP contribution >= 0.6 is 0 Å². The van der Waals surface area contributed by atoms with E-state index in [1.54, 1.807) is 6.20 Å². The maximum absolute atomic E-state index is 13.2. The smallest absolute Gasteiger partial charge is 0.233 e. The fraction of sp³-hybridized carbons (Fsp3) is 0.0909. The van der Waals surface area contributed by atoms with Gasteiger partial charge < -0.3 is 9.30 Å². The van der Waals surface area contributed by atoms with Crippen molar-refractivity contribution in [3.8, 4) is 0 Å². The third-order valence-corrected chi connectivity index (χ3v) is 4.40.